The number of halogens is 1. The van der Waals surface area contributed by atoms with Crippen LogP contribution in [0.4, 0.5) is 10.1 Å². The maximum absolute atomic E-state index is 13.1. The number of rotatable bonds is 2. The van der Waals surface area contributed by atoms with E-state index in [0.29, 0.717) is 48.5 Å². The van der Waals surface area contributed by atoms with E-state index in [1.54, 1.807) is 48.9 Å². The molecule has 0 bridgehead atoms. The third kappa shape index (κ3) is 3.24. The van der Waals surface area contributed by atoms with Gasteiger partial charge in [0.25, 0.3) is 11.5 Å². The van der Waals surface area contributed by atoms with E-state index in [1.807, 2.05) is 4.90 Å². The van der Waals surface area contributed by atoms with Crippen molar-refractivity contribution in [3.05, 3.63) is 69.9 Å². The van der Waals surface area contributed by atoms with Gasteiger partial charge in [0.1, 0.15) is 11.5 Å². The summed E-state index contributed by atoms with van der Waals surface area (Å²) in [7, 11) is 1.70. The number of carbonyl (C=O) groups is 1. The van der Waals surface area contributed by atoms with Crippen molar-refractivity contribution >= 4 is 22.6 Å². The van der Waals surface area contributed by atoms with Crippen LogP contribution in [0.5, 0.6) is 0 Å². The number of aromatic nitrogens is 2. The second-order valence-corrected chi connectivity index (χ2v) is 7.02. The highest BCUT2D eigenvalue weighted by atomic mass is 19.1. The van der Waals surface area contributed by atoms with Crippen molar-refractivity contribution in [1.82, 2.24) is 14.5 Å². The Bertz CT molecular complexity index is 1100. The molecule has 1 aliphatic rings. The van der Waals surface area contributed by atoms with Gasteiger partial charge in [-0.25, -0.2) is 9.37 Å². The van der Waals surface area contributed by atoms with Crippen LogP contribution in [0.25, 0.3) is 11.0 Å². The highest BCUT2D eigenvalue weighted by molar-refractivity contribution is 5.97. The molecular formula is C21H21FN4O2. The summed E-state index contributed by atoms with van der Waals surface area (Å²) in [4.78, 5) is 33.2. The first-order valence-electron chi connectivity index (χ1n) is 9.21. The summed E-state index contributed by atoms with van der Waals surface area (Å²) < 4.78 is 14.6. The number of anilines is 1. The Hall–Kier alpha value is -3.22. The summed E-state index contributed by atoms with van der Waals surface area (Å²) in [5.41, 5.74) is 3.13. The Morgan fingerprint density at radius 2 is 1.71 bits per heavy atom. The van der Waals surface area contributed by atoms with E-state index in [4.69, 9.17) is 0 Å². The molecule has 0 N–H and O–H groups in total. The van der Waals surface area contributed by atoms with Crippen LogP contribution in [0.1, 0.15) is 16.1 Å². The molecule has 3 aromatic rings. The monoisotopic (exact) mass is 380 g/mol. The van der Waals surface area contributed by atoms with Gasteiger partial charge in [0, 0.05) is 44.5 Å². The molecule has 1 aromatic heterocycles. The Balaban J connectivity index is 1.51. The molecule has 0 aliphatic carbocycles. The molecule has 1 fully saturated rings. The molecule has 1 aliphatic heterocycles. The molecule has 6 nitrogen and oxygen atoms in total. The van der Waals surface area contributed by atoms with Gasteiger partial charge in [-0.2, -0.15) is 0 Å². The predicted octanol–water partition coefficient (Wildman–Crippen LogP) is 2.34. The van der Waals surface area contributed by atoms with Crippen molar-refractivity contribution in [1.29, 1.82) is 0 Å². The average Bonchev–Trinajstić information content (AvgIpc) is 2.72. The molecule has 2 aromatic carbocycles. The Labute approximate surface area is 161 Å². The number of hydrogen-bond acceptors (Lipinski definition) is 4. The fraction of sp³-hybridized carbons (Fsp3) is 0.286. The minimum Gasteiger partial charge on any atom is -0.368 e. The van der Waals surface area contributed by atoms with Crippen LogP contribution in [0.3, 0.4) is 0 Å². The van der Waals surface area contributed by atoms with E-state index in [9.17, 15) is 14.0 Å². The molecule has 2 heterocycles. The minimum atomic E-state index is -0.254. The topological polar surface area (TPSA) is 58.4 Å². The Morgan fingerprint density at radius 3 is 2.39 bits per heavy atom. The van der Waals surface area contributed by atoms with Crippen LogP contribution >= 0.6 is 0 Å². The number of aryl methyl sites for hydroxylation is 2. The fourth-order valence-electron chi connectivity index (χ4n) is 3.61. The van der Waals surface area contributed by atoms with Crippen LogP contribution in [-0.4, -0.2) is 46.5 Å². The van der Waals surface area contributed by atoms with Gasteiger partial charge >= 0.3 is 0 Å². The molecule has 4 rings (SSSR count). The summed E-state index contributed by atoms with van der Waals surface area (Å²) in [6, 6.07) is 11.7. The van der Waals surface area contributed by atoms with Gasteiger partial charge in [0.2, 0.25) is 0 Å². The van der Waals surface area contributed by atoms with Gasteiger partial charge < -0.3 is 14.4 Å². The molecule has 0 atom stereocenters. The maximum Gasteiger partial charge on any atom is 0.272 e. The molecule has 0 spiro atoms. The highest BCUT2D eigenvalue weighted by Gasteiger charge is 2.23. The van der Waals surface area contributed by atoms with Gasteiger partial charge in [0.05, 0.1) is 11.0 Å². The molecule has 0 radical (unpaired) electrons. The number of carbonyl (C=O) groups excluding carboxylic acids is 1. The van der Waals surface area contributed by atoms with E-state index in [0.717, 1.165) is 5.69 Å². The number of amides is 1. The molecule has 144 valence electrons. The second kappa shape index (κ2) is 7.07. The van der Waals surface area contributed by atoms with Crippen LogP contribution in [0, 0.1) is 12.7 Å². The predicted molar refractivity (Wildman–Crippen MR) is 106 cm³/mol. The van der Waals surface area contributed by atoms with Crippen LogP contribution < -0.4 is 10.5 Å². The average molecular weight is 380 g/mol. The molecule has 28 heavy (non-hydrogen) atoms. The van der Waals surface area contributed by atoms with Gasteiger partial charge in [-0.1, -0.05) is 0 Å². The zero-order valence-corrected chi connectivity index (χ0v) is 15.9. The highest BCUT2D eigenvalue weighted by Crippen LogP contribution is 2.19. The molecule has 7 heteroatoms. The van der Waals surface area contributed by atoms with E-state index < -0.39 is 0 Å². The lowest BCUT2D eigenvalue weighted by atomic mass is 10.1. The largest absolute Gasteiger partial charge is 0.368 e. The van der Waals surface area contributed by atoms with Gasteiger partial charge in [-0.05, 0) is 49.4 Å². The number of benzene rings is 2. The third-order valence-electron chi connectivity index (χ3n) is 5.24. The van der Waals surface area contributed by atoms with E-state index >= 15 is 0 Å². The van der Waals surface area contributed by atoms with Crippen molar-refractivity contribution < 1.29 is 9.18 Å². The Kier molecular flexibility index (Phi) is 4.58. The number of hydrogen-bond donors (Lipinski definition) is 0. The smallest absolute Gasteiger partial charge is 0.272 e. The van der Waals surface area contributed by atoms with Crippen molar-refractivity contribution in [2.45, 2.75) is 6.92 Å². The minimum absolute atomic E-state index is 0.0473. The molecule has 0 saturated carbocycles. The summed E-state index contributed by atoms with van der Waals surface area (Å²) in [5, 5.41) is 0. The third-order valence-corrected chi connectivity index (χ3v) is 5.24. The number of piperazine rings is 1. The lowest BCUT2D eigenvalue weighted by molar-refractivity contribution is 0.0747. The fourth-order valence-corrected chi connectivity index (χ4v) is 3.61. The lowest BCUT2D eigenvalue weighted by Gasteiger charge is -2.36. The van der Waals surface area contributed by atoms with E-state index in [2.05, 4.69) is 9.88 Å². The lowest BCUT2D eigenvalue weighted by Crippen LogP contribution is -2.48. The Morgan fingerprint density at radius 1 is 1.04 bits per heavy atom. The maximum atomic E-state index is 13.1. The van der Waals surface area contributed by atoms with Crippen LogP contribution in [-0.2, 0) is 7.05 Å². The van der Waals surface area contributed by atoms with Crippen molar-refractivity contribution in [3.8, 4) is 0 Å². The molecular weight excluding hydrogens is 359 g/mol. The first-order chi connectivity index (χ1) is 13.4. The van der Waals surface area contributed by atoms with Gasteiger partial charge in [0.15, 0.2) is 0 Å². The first-order valence-corrected chi connectivity index (χ1v) is 9.21. The van der Waals surface area contributed by atoms with Crippen molar-refractivity contribution in [2.75, 3.05) is 31.1 Å². The normalized spacial score (nSPS) is 14.5. The summed E-state index contributed by atoms with van der Waals surface area (Å²) in [6.45, 7) is 4.24. The SMILES string of the molecule is Cc1nc2cc(C(=O)N3CCN(c4ccc(F)cc4)CC3)ccc2n(C)c1=O. The zero-order valence-electron chi connectivity index (χ0n) is 15.9. The van der Waals surface area contributed by atoms with Crippen LogP contribution in [0.15, 0.2) is 47.3 Å². The second-order valence-electron chi connectivity index (χ2n) is 7.02. The summed E-state index contributed by atoms with van der Waals surface area (Å²) >= 11 is 0. The number of fused-ring (bicyclic) bond motifs is 1. The quantitative estimate of drug-likeness (QED) is 0.685. The number of nitrogens with zero attached hydrogens (tertiary/aromatic N) is 4. The summed E-state index contributed by atoms with van der Waals surface area (Å²) in [6.07, 6.45) is 0. The standard InChI is InChI=1S/C21H21FN4O2/c1-14-20(27)24(2)19-8-3-15(13-18(19)23-14)21(28)26-11-9-25(10-12-26)17-6-4-16(22)5-7-17/h3-8,13H,9-12H2,1-2H3. The van der Waals surface area contributed by atoms with Gasteiger partial charge in [-0.15, -0.1) is 0 Å². The molecule has 1 amide bonds. The first kappa shape index (κ1) is 18.2. The van der Waals surface area contributed by atoms with Crippen LogP contribution in [0.2, 0.25) is 0 Å². The van der Waals surface area contributed by atoms with Gasteiger partial charge in [-0.3, -0.25) is 9.59 Å². The zero-order chi connectivity index (χ0) is 19.8. The summed E-state index contributed by atoms with van der Waals surface area (Å²) in [5.74, 6) is -0.302. The van der Waals surface area contributed by atoms with E-state index in [1.165, 1.54) is 12.1 Å². The van der Waals surface area contributed by atoms with Crippen molar-refractivity contribution in [2.24, 2.45) is 7.05 Å². The van der Waals surface area contributed by atoms with Crippen molar-refractivity contribution in [3.63, 3.8) is 0 Å². The molecule has 0 unspecified atom stereocenters. The molecule has 1 saturated heterocycles. The van der Waals surface area contributed by atoms with E-state index in [-0.39, 0.29) is 17.3 Å².